The SMILES string of the molecule is O=C(CNC(=O)c1ccccc1Br)N/N=C/c1cn[nH]c1-c1ccccc1. The van der Waals surface area contributed by atoms with E-state index in [1.54, 1.807) is 24.4 Å². The molecular formula is C19H16BrN5O2. The zero-order valence-corrected chi connectivity index (χ0v) is 15.7. The number of aromatic amines is 1. The van der Waals surface area contributed by atoms with E-state index in [4.69, 9.17) is 0 Å². The molecule has 0 bridgehead atoms. The van der Waals surface area contributed by atoms with Crippen molar-refractivity contribution in [1.29, 1.82) is 0 Å². The summed E-state index contributed by atoms with van der Waals surface area (Å²) in [6, 6.07) is 16.6. The lowest BCUT2D eigenvalue weighted by Gasteiger charge is -2.05. The van der Waals surface area contributed by atoms with Gasteiger partial charge >= 0.3 is 0 Å². The quantitative estimate of drug-likeness (QED) is 0.418. The molecule has 0 radical (unpaired) electrons. The van der Waals surface area contributed by atoms with Gasteiger partial charge in [-0.05, 0) is 28.1 Å². The fourth-order valence-corrected chi connectivity index (χ4v) is 2.81. The van der Waals surface area contributed by atoms with E-state index < -0.39 is 5.91 Å². The summed E-state index contributed by atoms with van der Waals surface area (Å²) in [5, 5.41) is 13.4. The van der Waals surface area contributed by atoms with Gasteiger partial charge in [0.15, 0.2) is 0 Å². The van der Waals surface area contributed by atoms with Crippen molar-refractivity contribution < 1.29 is 9.59 Å². The van der Waals surface area contributed by atoms with Crippen LogP contribution in [0.2, 0.25) is 0 Å². The van der Waals surface area contributed by atoms with E-state index in [1.807, 2.05) is 36.4 Å². The second kappa shape index (κ2) is 8.91. The minimum atomic E-state index is -0.434. The molecule has 0 aliphatic heterocycles. The molecule has 1 heterocycles. The summed E-state index contributed by atoms with van der Waals surface area (Å²) in [7, 11) is 0. The highest BCUT2D eigenvalue weighted by Crippen LogP contribution is 2.19. The molecule has 0 fully saturated rings. The molecule has 0 unspecified atom stereocenters. The number of nitrogens with zero attached hydrogens (tertiary/aromatic N) is 2. The first kappa shape index (κ1) is 18.5. The minimum absolute atomic E-state index is 0.186. The van der Waals surface area contributed by atoms with Gasteiger partial charge in [0.25, 0.3) is 11.8 Å². The van der Waals surface area contributed by atoms with Gasteiger partial charge in [-0.15, -0.1) is 0 Å². The molecular weight excluding hydrogens is 410 g/mol. The van der Waals surface area contributed by atoms with Gasteiger partial charge in [-0.1, -0.05) is 42.5 Å². The maximum atomic E-state index is 12.1. The van der Waals surface area contributed by atoms with E-state index in [0.717, 1.165) is 16.8 Å². The number of hydrogen-bond acceptors (Lipinski definition) is 4. The standard InChI is InChI=1S/C19H16BrN5O2/c20-16-9-5-4-8-15(16)19(27)21-12-17(26)24-22-10-14-11-23-25-18(14)13-6-2-1-3-7-13/h1-11H,12H2,(H,21,27)(H,23,25)(H,24,26)/b22-10+. The third-order valence-corrected chi connectivity index (χ3v) is 4.34. The molecule has 136 valence electrons. The van der Waals surface area contributed by atoms with Crippen molar-refractivity contribution in [2.24, 2.45) is 5.10 Å². The summed E-state index contributed by atoms with van der Waals surface area (Å²) in [5.74, 6) is -0.779. The second-order valence-corrected chi connectivity index (χ2v) is 6.38. The number of H-pyrrole nitrogens is 1. The Balaban J connectivity index is 1.54. The Morgan fingerprint density at radius 1 is 1.11 bits per heavy atom. The normalized spacial score (nSPS) is 10.7. The third kappa shape index (κ3) is 4.89. The molecule has 3 N–H and O–H groups in total. The van der Waals surface area contributed by atoms with Gasteiger partial charge in [0.05, 0.1) is 30.2 Å². The highest BCUT2D eigenvalue weighted by atomic mass is 79.9. The van der Waals surface area contributed by atoms with Crippen LogP contribution in [0.5, 0.6) is 0 Å². The van der Waals surface area contributed by atoms with E-state index in [9.17, 15) is 9.59 Å². The van der Waals surface area contributed by atoms with Crippen LogP contribution in [0.25, 0.3) is 11.3 Å². The van der Waals surface area contributed by atoms with Gasteiger partial charge in [-0.3, -0.25) is 14.7 Å². The van der Waals surface area contributed by atoms with Crippen molar-refractivity contribution in [3.05, 3.63) is 76.4 Å². The zero-order valence-electron chi connectivity index (χ0n) is 14.1. The summed E-state index contributed by atoms with van der Waals surface area (Å²) in [6.45, 7) is -0.186. The molecule has 0 saturated carbocycles. The zero-order chi connectivity index (χ0) is 19.1. The van der Waals surface area contributed by atoms with Crippen molar-refractivity contribution in [2.45, 2.75) is 0 Å². The van der Waals surface area contributed by atoms with Gasteiger partial charge in [0.1, 0.15) is 0 Å². The lowest BCUT2D eigenvalue weighted by atomic mass is 10.1. The van der Waals surface area contributed by atoms with Gasteiger partial charge in [0, 0.05) is 15.6 Å². The lowest BCUT2D eigenvalue weighted by Crippen LogP contribution is -2.35. The van der Waals surface area contributed by atoms with E-state index >= 15 is 0 Å². The smallest absolute Gasteiger partial charge is 0.259 e. The fourth-order valence-electron chi connectivity index (χ4n) is 2.34. The molecule has 3 rings (SSSR count). The molecule has 7 nitrogen and oxygen atoms in total. The first-order valence-electron chi connectivity index (χ1n) is 8.08. The molecule has 0 saturated heterocycles. The molecule has 0 aliphatic rings. The van der Waals surface area contributed by atoms with Crippen molar-refractivity contribution in [1.82, 2.24) is 20.9 Å². The molecule has 2 amide bonds. The largest absolute Gasteiger partial charge is 0.343 e. The summed E-state index contributed by atoms with van der Waals surface area (Å²) in [6.07, 6.45) is 3.12. The van der Waals surface area contributed by atoms with Gasteiger partial charge in [-0.25, -0.2) is 5.43 Å². The van der Waals surface area contributed by atoms with E-state index in [-0.39, 0.29) is 12.5 Å². The van der Waals surface area contributed by atoms with Crippen LogP contribution in [-0.4, -0.2) is 34.8 Å². The van der Waals surface area contributed by atoms with Crippen LogP contribution < -0.4 is 10.7 Å². The van der Waals surface area contributed by atoms with Crippen LogP contribution >= 0.6 is 15.9 Å². The minimum Gasteiger partial charge on any atom is -0.343 e. The van der Waals surface area contributed by atoms with Gasteiger partial charge in [-0.2, -0.15) is 10.2 Å². The molecule has 0 atom stereocenters. The van der Waals surface area contributed by atoms with E-state index in [0.29, 0.717) is 10.0 Å². The summed E-state index contributed by atoms with van der Waals surface area (Å²) >= 11 is 3.30. The Labute approximate surface area is 164 Å². The van der Waals surface area contributed by atoms with Crippen LogP contribution in [0.15, 0.2) is 70.4 Å². The average Bonchev–Trinajstić information content (AvgIpc) is 3.16. The molecule has 0 spiro atoms. The number of carbonyl (C=O) groups is 2. The number of hydrogen-bond donors (Lipinski definition) is 3. The Morgan fingerprint density at radius 2 is 1.85 bits per heavy atom. The predicted octanol–water partition coefficient (Wildman–Crippen LogP) is 2.72. The average molecular weight is 426 g/mol. The number of halogens is 1. The van der Waals surface area contributed by atoms with Crippen molar-refractivity contribution in [2.75, 3.05) is 6.54 Å². The van der Waals surface area contributed by atoms with Crippen molar-refractivity contribution in [3.8, 4) is 11.3 Å². The summed E-state index contributed by atoms with van der Waals surface area (Å²) in [5.41, 5.74) is 5.34. The van der Waals surface area contributed by atoms with Crippen LogP contribution in [0.1, 0.15) is 15.9 Å². The van der Waals surface area contributed by atoms with Crippen molar-refractivity contribution >= 4 is 34.0 Å². The number of nitrogens with one attached hydrogen (secondary N) is 3. The summed E-state index contributed by atoms with van der Waals surface area (Å²) in [4.78, 5) is 23.9. The number of carbonyl (C=O) groups excluding carboxylic acids is 2. The number of rotatable bonds is 6. The van der Waals surface area contributed by atoms with Gasteiger partial charge in [0.2, 0.25) is 0 Å². The Morgan fingerprint density at radius 3 is 2.63 bits per heavy atom. The van der Waals surface area contributed by atoms with Crippen LogP contribution in [-0.2, 0) is 4.79 Å². The topological polar surface area (TPSA) is 99.2 Å². The van der Waals surface area contributed by atoms with E-state index in [2.05, 4.69) is 42.0 Å². The maximum Gasteiger partial charge on any atom is 0.259 e. The molecule has 0 aliphatic carbocycles. The van der Waals surface area contributed by atoms with Gasteiger partial charge < -0.3 is 5.32 Å². The maximum absolute atomic E-state index is 12.1. The highest BCUT2D eigenvalue weighted by molar-refractivity contribution is 9.10. The lowest BCUT2D eigenvalue weighted by molar-refractivity contribution is -0.120. The van der Waals surface area contributed by atoms with Crippen molar-refractivity contribution in [3.63, 3.8) is 0 Å². The highest BCUT2D eigenvalue weighted by Gasteiger charge is 2.10. The fraction of sp³-hybridized carbons (Fsp3) is 0.0526. The molecule has 3 aromatic rings. The Hall–Kier alpha value is -3.26. The molecule has 2 aromatic carbocycles. The number of benzene rings is 2. The number of aromatic nitrogens is 2. The third-order valence-electron chi connectivity index (χ3n) is 3.65. The van der Waals surface area contributed by atoms with E-state index in [1.165, 1.54) is 6.21 Å². The Bertz CT molecular complexity index is 969. The first-order chi connectivity index (χ1) is 13.1. The predicted molar refractivity (Wildman–Crippen MR) is 106 cm³/mol. The molecule has 27 heavy (non-hydrogen) atoms. The monoisotopic (exact) mass is 425 g/mol. The number of amides is 2. The van der Waals surface area contributed by atoms with Crippen LogP contribution in [0.4, 0.5) is 0 Å². The van der Waals surface area contributed by atoms with Crippen LogP contribution in [0, 0.1) is 0 Å². The molecule has 1 aromatic heterocycles. The Kier molecular flexibility index (Phi) is 6.11. The second-order valence-electron chi connectivity index (χ2n) is 5.52. The molecule has 8 heteroatoms. The number of hydrazone groups is 1. The summed E-state index contributed by atoms with van der Waals surface area (Å²) < 4.78 is 0.661. The van der Waals surface area contributed by atoms with Crippen LogP contribution in [0.3, 0.4) is 0 Å². The first-order valence-corrected chi connectivity index (χ1v) is 8.88.